The van der Waals surface area contributed by atoms with Crippen LogP contribution in [-0.2, 0) is 0 Å². The van der Waals surface area contributed by atoms with Crippen LogP contribution in [0.3, 0.4) is 0 Å². The third-order valence-corrected chi connectivity index (χ3v) is 3.89. The van der Waals surface area contributed by atoms with Crippen LogP contribution in [0.25, 0.3) is 0 Å². The van der Waals surface area contributed by atoms with Crippen molar-refractivity contribution in [1.82, 2.24) is 10.2 Å². The number of nitrogens with zero attached hydrogens (tertiary/aromatic N) is 1. The van der Waals surface area contributed by atoms with Gasteiger partial charge in [-0.3, -0.25) is 4.90 Å². The number of benzene rings is 1. The number of piperazine rings is 1. The molecule has 0 unspecified atom stereocenters. The van der Waals surface area contributed by atoms with Gasteiger partial charge in [-0.25, -0.2) is 4.39 Å². The molecule has 1 N–H and O–H groups in total. The maximum Gasteiger partial charge on any atom is 0.123 e. The van der Waals surface area contributed by atoms with Crippen LogP contribution in [0.4, 0.5) is 4.39 Å². The van der Waals surface area contributed by atoms with E-state index in [2.05, 4.69) is 31.0 Å². The van der Waals surface area contributed by atoms with Gasteiger partial charge in [-0.2, -0.15) is 0 Å². The van der Waals surface area contributed by atoms with Crippen LogP contribution in [0.15, 0.2) is 18.2 Å². The molecule has 0 aromatic heterocycles. The van der Waals surface area contributed by atoms with Crippen molar-refractivity contribution in [2.45, 2.75) is 33.2 Å². The van der Waals surface area contributed by atoms with E-state index in [1.54, 1.807) is 12.1 Å². The molecule has 1 aromatic rings. The normalized spacial score (nSPS) is 17.0. The molecule has 0 aliphatic carbocycles. The molecule has 5 heteroatoms. The van der Waals surface area contributed by atoms with Crippen molar-refractivity contribution in [3.63, 3.8) is 0 Å². The standard InChI is InChI=1S/C16H25FN2.2ClH/c1-12(2)10-16(19-8-6-18-7-9-19)15-11-14(17)5-4-13(15)3;;/h4-5,11-12,16,18H,6-10H2,1-3H3;2*1H/t16-;;/m0../s1. The lowest BCUT2D eigenvalue weighted by molar-refractivity contribution is 0.153. The Morgan fingerprint density at radius 1 is 1.19 bits per heavy atom. The van der Waals surface area contributed by atoms with Gasteiger partial charge >= 0.3 is 0 Å². The van der Waals surface area contributed by atoms with Crippen molar-refractivity contribution >= 4 is 24.8 Å². The molecular weight excluding hydrogens is 310 g/mol. The Labute approximate surface area is 140 Å². The third-order valence-electron chi connectivity index (χ3n) is 3.89. The molecule has 1 saturated heterocycles. The lowest BCUT2D eigenvalue weighted by Gasteiger charge is -2.37. The van der Waals surface area contributed by atoms with Gasteiger partial charge in [0.15, 0.2) is 0 Å². The summed E-state index contributed by atoms with van der Waals surface area (Å²) in [7, 11) is 0. The largest absolute Gasteiger partial charge is 0.314 e. The van der Waals surface area contributed by atoms with E-state index >= 15 is 0 Å². The Bertz CT molecular complexity index is 421. The molecule has 0 amide bonds. The lowest BCUT2D eigenvalue weighted by Crippen LogP contribution is -2.45. The smallest absolute Gasteiger partial charge is 0.123 e. The van der Waals surface area contributed by atoms with Gasteiger partial charge in [-0.1, -0.05) is 19.9 Å². The number of hydrogen-bond acceptors (Lipinski definition) is 2. The van der Waals surface area contributed by atoms with Gasteiger partial charge in [0.25, 0.3) is 0 Å². The molecule has 1 atom stereocenters. The second kappa shape index (κ2) is 9.62. The van der Waals surface area contributed by atoms with Crippen molar-refractivity contribution < 1.29 is 4.39 Å². The van der Waals surface area contributed by atoms with Gasteiger partial charge < -0.3 is 5.32 Å². The van der Waals surface area contributed by atoms with Crippen LogP contribution in [0.2, 0.25) is 0 Å². The number of hydrogen-bond donors (Lipinski definition) is 1. The number of halogens is 3. The summed E-state index contributed by atoms with van der Waals surface area (Å²) < 4.78 is 13.6. The maximum atomic E-state index is 13.6. The molecule has 1 heterocycles. The molecular formula is C16H27Cl2FN2. The van der Waals surface area contributed by atoms with Gasteiger partial charge in [0.1, 0.15) is 5.82 Å². The van der Waals surface area contributed by atoms with E-state index < -0.39 is 0 Å². The zero-order chi connectivity index (χ0) is 13.8. The van der Waals surface area contributed by atoms with Crippen molar-refractivity contribution in [1.29, 1.82) is 0 Å². The first kappa shape index (κ1) is 20.6. The average Bonchev–Trinajstić information content (AvgIpc) is 2.40. The summed E-state index contributed by atoms with van der Waals surface area (Å²) in [5.41, 5.74) is 2.36. The molecule has 0 bridgehead atoms. The van der Waals surface area contributed by atoms with Crippen molar-refractivity contribution in [2.75, 3.05) is 26.2 Å². The first-order valence-corrected chi connectivity index (χ1v) is 7.28. The fraction of sp³-hybridized carbons (Fsp3) is 0.625. The average molecular weight is 337 g/mol. The minimum absolute atomic E-state index is 0. The van der Waals surface area contributed by atoms with Gasteiger partial charge in [-0.15, -0.1) is 24.8 Å². The van der Waals surface area contributed by atoms with Crippen molar-refractivity contribution in [3.8, 4) is 0 Å². The van der Waals surface area contributed by atoms with E-state index in [0.717, 1.165) is 38.2 Å². The quantitative estimate of drug-likeness (QED) is 0.894. The van der Waals surface area contributed by atoms with Gasteiger partial charge in [0.05, 0.1) is 0 Å². The highest BCUT2D eigenvalue weighted by Crippen LogP contribution is 2.30. The lowest BCUT2D eigenvalue weighted by atomic mass is 9.92. The highest BCUT2D eigenvalue weighted by Gasteiger charge is 2.24. The monoisotopic (exact) mass is 336 g/mol. The number of aryl methyl sites for hydroxylation is 1. The molecule has 1 aromatic carbocycles. The molecule has 1 aliphatic rings. The van der Waals surface area contributed by atoms with Crippen LogP contribution in [0.1, 0.15) is 37.4 Å². The van der Waals surface area contributed by atoms with E-state index in [0.29, 0.717) is 12.0 Å². The summed E-state index contributed by atoms with van der Waals surface area (Å²) in [6.45, 7) is 10.7. The van der Waals surface area contributed by atoms with E-state index in [1.807, 2.05) is 6.07 Å². The summed E-state index contributed by atoms with van der Waals surface area (Å²) in [6, 6.07) is 5.53. The predicted molar refractivity (Wildman–Crippen MR) is 92.3 cm³/mol. The minimum atomic E-state index is -0.121. The summed E-state index contributed by atoms with van der Waals surface area (Å²) in [6.07, 6.45) is 1.09. The molecule has 0 radical (unpaired) electrons. The Kier molecular flexibility index (Phi) is 9.46. The fourth-order valence-corrected chi connectivity index (χ4v) is 2.88. The summed E-state index contributed by atoms with van der Waals surface area (Å²) in [5.74, 6) is 0.493. The van der Waals surface area contributed by atoms with Crippen LogP contribution in [0, 0.1) is 18.7 Å². The predicted octanol–water partition coefficient (Wildman–Crippen LogP) is 3.97. The Hall–Kier alpha value is -0.350. The van der Waals surface area contributed by atoms with Crippen LogP contribution >= 0.6 is 24.8 Å². The summed E-state index contributed by atoms with van der Waals surface area (Å²) in [5, 5.41) is 3.38. The van der Waals surface area contributed by atoms with E-state index in [9.17, 15) is 4.39 Å². The highest BCUT2D eigenvalue weighted by molar-refractivity contribution is 5.85. The molecule has 1 fully saturated rings. The maximum absolute atomic E-state index is 13.6. The Balaban J connectivity index is 0.00000200. The number of rotatable bonds is 4. The van der Waals surface area contributed by atoms with Crippen molar-refractivity contribution in [3.05, 3.63) is 35.1 Å². The molecule has 122 valence electrons. The molecule has 0 saturated carbocycles. The minimum Gasteiger partial charge on any atom is -0.314 e. The van der Waals surface area contributed by atoms with Gasteiger partial charge in [-0.05, 0) is 42.5 Å². The van der Waals surface area contributed by atoms with Crippen LogP contribution < -0.4 is 5.32 Å². The third kappa shape index (κ3) is 5.74. The number of nitrogens with one attached hydrogen (secondary N) is 1. The van der Waals surface area contributed by atoms with Gasteiger partial charge in [0, 0.05) is 32.2 Å². The topological polar surface area (TPSA) is 15.3 Å². The fourth-order valence-electron chi connectivity index (χ4n) is 2.88. The zero-order valence-electron chi connectivity index (χ0n) is 13.1. The van der Waals surface area contributed by atoms with E-state index in [1.165, 1.54) is 5.56 Å². The first-order chi connectivity index (χ1) is 9.08. The highest BCUT2D eigenvalue weighted by atomic mass is 35.5. The molecule has 0 spiro atoms. The summed E-state index contributed by atoms with van der Waals surface area (Å²) >= 11 is 0. The SMILES string of the molecule is Cc1ccc(F)cc1[C@H](CC(C)C)N1CCNCC1.Cl.Cl. The zero-order valence-corrected chi connectivity index (χ0v) is 14.7. The van der Waals surface area contributed by atoms with Crippen LogP contribution in [0.5, 0.6) is 0 Å². The van der Waals surface area contributed by atoms with Gasteiger partial charge in [0.2, 0.25) is 0 Å². The molecule has 2 nitrogen and oxygen atoms in total. The summed E-state index contributed by atoms with van der Waals surface area (Å²) in [4.78, 5) is 2.50. The van der Waals surface area contributed by atoms with Crippen molar-refractivity contribution in [2.24, 2.45) is 5.92 Å². The molecule has 2 rings (SSSR count). The molecule has 21 heavy (non-hydrogen) atoms. The Morgan fingerprint density at radius 3 is 2.38 bits per heavy atom. The van der Waals surface area contributed by atoms with E-state index in [-0.39, 0.29) is 30.6 Å². The second-order valence-corrected chi connectivity index (χ2v) is 5.93. The molecule has 1 aliphatic heterocycles. The Morgan fingerprint density at radius 2 is 1.81 bits per heavy atom. The second-order valence-electron chi connectivity index (χ2n) is 5.93. The van der Waals surface area contributed by atoms with Crippen LogP contribution in [-0.4, -0.2) is 31.1 Å². The van der Waals surface area contributed by atoms with E-state index in [4.69, 9.17) is 0 Å². The first-order valence-electron chi connectivity index (χ1n) is 7.28.